The Hall–Kier alpha value is -1.59. The van der Waals surface area contributed by atoms with Gasteiger partial charge in [0.1, 0.15) is 12.1 Å². The maximum absolute atomic E-state index is 12.1. The van der Waals surface area contributed by atoms with Gasteiger partial charge in [-0.05, 0) is 30.5 Å². The number of amides is 1. The van der Waals surface area contributed by atoms with E-state index in [4.69, 9.17) is 21.1 Å². The molecule has 0 aliphatic carbocycles. The molecule has 1 aromatic rings. The summed E-state index contributed by atoms with van der Waals surface area (Å²) in [6.07, 6.45) is 1.38. The molecule has 2 rings (SSSR count). The third-order valence-corrected chi connectivity index (χ3v) is 3.59. The molecule has 0 radical (unpaired) electrons. The van der Waals surface area contributed by atoms with Crippen LogP contribution in [0.5, 0.6) is 0 Å². The van der Waals surface area contributed by atoms with E-state index in [1.54, 1.807) is 18.2 Å². The Morgan fingerprint density at radius 2 is 2.33 bits per heavy atom. The molecular weight excluding hydrogens is 294 g/mol. The van der Waals surface area contributed by atoms with Crippen LogP contribution in [0, 0.1) is 0 Å². The maximum atomic E-state index is 12.1. The molecule has 1 saturated heterocycles. The Bertz CT molecular complexity index is 514. The van der Waals surface area contributed by atoms with Gasteiger partial charge >= 0.3 is 5.97 Å². The number of halogens is 1. The second kappa shape index (κ2) is 7.43. The van der Waals surface area contributed by atoms with Gasteiger partial charge in [0.15, 0.2) is 0 Å². The van der Waals surface area contributed by atoms with Gasteiger partial charge in [0.2, 0.25) is 5.91 Å². The van der Waals surface area contributed by atoms with Gasteiger partial charge < -0.3 is 14.8 Å². The van der Waals surface area contributed by atoms with Crippen molar-refractivity contribution in [3.05, 3.63) is 34.9 Å². The van der Waals surface area contributed by atoms with Crippen LogP contribution >= 0.6 is 11.6 Å². The summed E-state index contributed by atoms with van der Waals surface area (Å²) in [5.41, 5.74) is 0.852. The lowest BCUT2D eigenvalue weighted by atomic mass is 10.1. The van der Waals surface area contributed by atoms with E-state index in [2.05, 4.69) is 5.32 Å². The van der Waals surface area contributed by atoms with E-state index in [0.29, 0.717) is 24.5 Å². The summed E-state index contributed by atoms with van der Waals surface area (Å²) < 4.78 is 10.1. The first-order chi connectivity index (χ1) is 10.1. The van der Waals surface area contributed by atoms with Gasteiger partial charge in [0, 0.05) is 18.1 Å². The highest BCUT2D eigenvalue weighted by Gasteiger charge is 2.28. The van der Waals surface area contributed by atoms with Gasteiger partial charge in [0.05, 0.1) is 7.11 Å². The summed E-state index contributed by atoms with van der Waals surface area (Å²) in [7, 11) is 1.30. The number of hydrogen-bond donors (Lipinski definition) is 1. The summed E-state index contributed by atoms with van der Waals surface area (Å²) in [6.45, 7) is 0.579. The molecule has 1 heterocycles. The van der Waals surface area contributed by atoms with Crippen LogP contribution in [0.15, 0.2) is 24.3 Å². The van der Waals surface area contributed by atoms with Gasteiger partial charge in [-0.2, -0.15) is 0 Å². The first-order valence-electron chi connectivity index (χ1n) is 6.84. The van der Waals surface area contributed by atoms with Crippen LogP contribution in [-0.2, 0) is 25.5 Å². The summed E-state index contributed by atoms with van der Waals surface area (Å²) >= 11 is 5.93. The van der Waals surface area contributed by atoms with Crippen LogP contribution in [0.3, 0.4) is 0 Å². The van der Waals surface area contributed by atoms with Crippen LogP contribution in [0.4, 0.5) is 0 Å². The van der Waals surface area contributed by atoms with E-state index in [9.17, 15) is 9.59 Å². The SMILES string of the molecule is COC(=O)[C@@H](Cc1cccc(Cl)c1)NC(=O)[C@@H]1CCCO1. The number of rotatable bonds is 5. The smallest absolute Gasteiger partial charge is 0.328 e. The molecule has 21 heavy (non-hydrogen) atoms. The summed E-state index contributed by atoms with van der Waals surface area (Å²) in [5, 5.41) is 3.28. The monoisotopic (exact) mass is 311 g/mol. The summed E-state index contributed by atoms with van der Waals surface area (Å²) in [6, 6.07) is 6.41. The van der Waals surface area contributed by atoms with Gasteiger partial charge in [-0.15, -0.1) is 0 Å². The van der Waals surface area contributed by atoms with Crippen LogP contribution in [-0.4, -0.2) is 37.7 Å². The number of esters is 1. The molecule has 1 aromatic carbocycles. The molecule has 0 unspecified atom stereocenters. The van der Waals surface area contributed by atoms with E-state index >= 15 is 0 Å². The van der Waals surface area contributed by atoms with E-state index in [1.165, 1.54) is 7.11 Å². The fourth-order valence-corrected chi connectivity index (χ4v) is 2.50. The van der Waals surface area contributed by atoms with E-state index < -0.39 is 18.1 Å². The van der Waals surface area contributed by atoms with Crippen molar-refractivity contribution in [2.24, 2.45) is 0 Å². The normalized spacial score (nSPS) is 19.0. The molecule has 6 heteroatoms. The average Bonchev–Trinajstić information content (AvgIpc) is 3.00. The standard InChI is InChI=1S/C15H18ClNO4/c1-20-15(19)12(9-10-4-2-5-11(16)8-10)17-14(18)13-6-3-7-21-13/h2,4-5,8,12-13H,3,6-7,9H2,1H3,(H,17,18)/t12-,13+/m1/s1. The van der Waals surface area contributed by atoms with Crippen LogP contribution in [0.1, 0.15) is 18.4 Å². The predicted octanol–water partition coefficient (Wildman–Crippen LogP) is 1.72. The topological polar surface area (TPSA) is 64.6 Å². The molecule has 1 aliphatic heterocycles. The molecule has 0 saturated carbocycles. The number of nitrogens with one attached hydrogen (secondary N) is 1. The van der Waals surface area contributed by atoms with Crippen molar-refractivity contribution >= 4 is 23.5 Å². The number of carbonyl (C=O) groups is 2. The third kappa shape index (κ3) is 4.44. The fraction of sp³-hybridized carbons (Fsp3) is 0.467. The van der Waals surface area contributed by atoms with Crippen LogP contribution in [0.2, 0.25) is 5.02 Å². The van der Waals surface area contributed by atoms with Crippen molar-refractivity contribution in [2.45, 2.75) is 31.4 Å². The van der Waals surface area contributed by atoms with E-state index in [1.807, 2.05) is 6.07 Å². The second-order valence-corrected chi connectivity index (χ2v) is 5.36. The van der Waals surface area contributed by atoms with Crippen LogP contribution < -0.4 is 5.32 Å². The average molecular weight is 312 g/mol. The van der Waals surface area contributed by atoms with Crippen molar-refractivity contribution in [3.63, 3.8) is 0 Å². The largest absolute Gasteiger partial charge is 0.467 e. The van der Waals surface area contributed by atoms with E-state index in [0.717, 1.165) is 12.0 Å². The lowest BCUT2D eigenvalue weighted by Crippen LogP contribution is -2.47. The number of carbonyl (C=O) groups excluding carboxylic acids is 2. The first kappa shape index (κ1) is 15.8. The molecule has 114 valence electrons. The Balaban J connectivity index is 2.03. The third-order valence-electron chi connectivity index (χ3n) is 3.35. The summed E-state index contributed by atoms with van der Waals surface area (Å²) in [4.78, 5) is 23.9. The molecule has 1 aliphatic rings. The lowest BCUT2D eigenvalue weighted by Gasteiger charge is -2.18. The molecule has 0 spiro atoms. The minimum Gasteiger partial charge on any atom is -0.467 e. The fourth-order valence-electron chi connectivity index (χ4n) is 2.28. The van der Waals surface area contributed by atoms with Gasteiger partial charge in [0.25, 0.3) is 0 Å². The number of ether oxygens (including phenoxy) is 2. The molecule has 5 nitrogen and oxygen atoms in total. The minimum absolute atomic E-state index is 0.273. The highest BCUT2D eigenvalue weighted by atomic mass is 35.5. The summed E-state index contributed by atoms with van der Waals surface area (Å²) in [5.74, 6) is -0.758. The molecule has 0 bridgehead atoms. The molecule has 1 fully saturated rings. The predicted molar refractivity (Wildman–Crippen MR) is 78.1 cm³/mol. The molecule has 1 amide bonds. The molecular formula is C15H18ClNO4. The first-order valence-corrected chi connectivity index (χ1v) is 7.22. The quantitative estimate of drug-likeness (QED) is 0.841. The van der Waals surface area contributed by atoms with Crippen molar-refractivity contribution in [1.82, 2.24) is 5.32 Å². The zero-order chi connectivity index (χ0) is 15.2. The maximum Gasteiger partial charge on any atom is 0.328 e. The zero-order valence-electron chi connectivity index (χ0n) is 11.8. The molecule has 1 N–H and O–H groups in total. The number of benzene rings is 1. The number of methoxy groups -OCH3 is 1. The zero-order valence-corrected chi connectivity index (χ0v) is 12.6. The Morgan fingerprint density at radius 3 is 2.95 bits per heavy atom. The highest BCUT2D eigenvalue weighted by Crippen LogP contribution is 2.15. The van der Waals surface area contributed by atoms with Crippen molar-refractivity contribution in [3.8, 4) is 0 Å². The molecule has 2 atom stereocenters. The van der Waals surface area contributed by atoms with Crippen molar-refractivity contribution in [2.75, 3.05) is 13.7 Å². The Labute approximate surface area is 128 Å². The Morgan fingerprint density at radius 1 is 1.52 bits per heavy atom. The van der Waals surface area contributed by atoms with Gasteiger partial charge in [-0.1, -0.05) is 23.7 Å². The Kier molecular flexibility index (Phi) is 5.59. The van der Waals surface area contributed by atoms with Crippen molar-refractivity contribution in [1.29, 1.82) is 0 Å². The number of hydrogen-bond acceptors (Lipinski definition) is 4. The van der Waals surface area contributed by atoms with E-state index in [-0.39, 0.29) is 5.91 Å². The lowest BCUT2D eigenvalue weighted by molar-refractivity contribution is -0.146. The minimum atomic E-state index is -0.745. The highest BCUT2D eigenvalue weighted by molar-refractivity contribution is 6.30. The van der Waals surface area contributed by atoms with Gasteiger partial charge in [-0.3, -0.25) is 4.79 Å². The second-order valence-electron chi connectivity index (χ2n) is 4.92. The van der Waals surface area contributed by atoms with Crippen molar-refractivity contribution < 1.29 is 19.1 Å². The van der Waals surface area contributed by atoms with Gasteiger partial charge in [-0.25, -0.2) is 4.79 Å². The van der Waals surface area contributed by atoms with Crippen LogP contribution in [0.25, 0.3) is 0 Å². The molecule has 0 aromatic heterocycles.